The Labute approximate surface area is 152 Å². The highest BCUT2D eigenvalue weighted by Crippen LogP contribution is 2.32. The summed E-state index contributed by atoms with van der Waals surface area (Å²) in [5.74, 6) is -0.379. The molecule has 0 saturated heterocycles. The van der Waals surface area contributed by atoms with Gasteiger partial charge in [-0.3, -0.25) is 0 Å². The lowest BCUT2D eigenvalue weighted by molar-refractivity contribution is 0.0600. The molecule has 5 nitrogen and oxygen atoms in total. The lowest BCUT2D eigenvalue weighted by Crippen LogP contribution is -2.10. The average molecular weight is 350 g/mol. The van der Waals surface area contributed by atoms with Crippen LogP contribution in [-0.4, -0.2) is 27.7 Å². The van der Waals surface area contributed by atoms with Crippen molar-refractivity contribution in [1.82, 2.24) is 9.55 Å². The molecule has 0 amide bonds. The van der Waals surface area contributed by atoms with E-state index in [2.05, 4.69) is 4.98 Å². The van der Waals surface area contributed by atoms with Crippen LogP contribution >= 0.6 is 0 Å². The first-order valence-electron chi connectivity index (χ1n) is 8.38. The highest BCUT2D eigenvalue weighted by Gasteiger charge is 2.20. The number of aromatic nitrogens is 2. The van der Waals surface area contributed by atoms with Crippen LogP contribution in [0.3, 0.4) is 0 Å². The lowest BCUT2D eigenvalue weighted by atomic mass is 9.89. The van der Waals surface area contributed by atoms with E-state index >= 15 is 0 Å². The van der Waals surface area contributed by atoms with Gasteiger partial charge in [-0.2, -0.15) is 0 Å². The third kappa shape index (κ3) is 3.26. The molecule has 1 aromatic heterocycles. The summed E-state index contributed by atoms with van der Waals surface area (Å²) in [5, 5.41) is 11.1. The Balaban J connectivity index is 2.06. The lowest BCUT2D eigenvalue weighted by Gasteiger charge is -2.20. The number of nitrogens with zero attached hydrogens (tertiary/aromatic N) is 2. The number of rotatable bonds is 4. The molecule has 0 aliphatic heterocycles. The van der Waals surface area contributed by atoms with Gasteiger partial charge in [-0.1, -0.05) is 6.07 Å². The predicted octanol–water partition coefficient (Wildman–Crippen LogP) is 3.67. The Morgan fingerprint density at radius 2 is 1.81 bits per heavy atom. The van der Waals surface area contributed by atoms with Crippen molar-refractivity contribution >= 4 is 5.97 Å². The second-order valence-electron chi connectivity index (χ2n) is 6.43. The molecular weight excluding hydrogens is 328 g/mol. The van der Waals surface area contributed by atoms with E-state index < -0.39 is 6.10 Å². The van der Waals surface area contributed by atoms with Gasteiger partial charge in [0.1, 0.15) is 6.10 Å². The largest absolute Gasteiger partial charge is 0.465 e. The van der Waals surface area contributed by atoms with Crippen molar-refractivity contribution in [3.05, 3.63) is 82.4 Å². The molecule has 1 heterocycles. The number of aliphatic hydroxyl groups is 1. The smallest absolute Gasteiger partial charge is 0.337 e. The minimum absolute atomic E-state index is 0.379. The molecule has 0 spiro atoms. The van der Waals surface area contributed by atoms with Gasteiger partial charge in [0.25, 0.3) is 0 Å². The maximum absolute atomic E-state index is 11.8. The molecule has 2 aromatic carbocycles. The molecule has 0 radical (unpaired) electrons. The molecule has 1 N–H and O–H groups in total. The van der Waals surface area contributed by atoms with Crippen molar-refractivity contribution in [3.8, 4) is 5.69 Å². The van der Waals surface area contributed by atoms with Crippen molar-refractivity contribution in [2.45, 2.75) is 26.9 Å². The number of methoxy groups -OCH3 is 1. The van der Waals surface area contributed by atoms with Crippen LogP contribution in [0.5, 0.6) is 0 Å². The molecular formula is C21H22N2O3. The molecule has 5 heteroatoms. The van der Waals surface area contributed by atoms with Crippen LogP contribution in [-0.2, 0) is 4.74 Å². The molecule has 0 unspecified atom stereocenters. The standard InChI is InChI=1S/C21H22N2O3/c1-13-5-6-17(23-8-7-22-12-23)11-18(13)20(24)19-14(2)9-16(10-15(19)3)21(25)26-4/h5-12,20,24H,1-4H3/t20-/m0/s1. The molecule has 26 heavy (non-hydrogen) atoms. The molecule has 134 valence electrons. The summed E-state index contributed by atoms with van der Waals surface area (Å²) in [6, 6.07) is 9.46. The van der Waals surface area contributed by atoms with Crippen molar-refractivity contribution in [1.29, 1.82) is 0 Å². The molecule has 3 rings (SSSR count). The Morgan fingerprint density at radius 3 is 2.38 bits per heavy atom. The third-order valence-electron chi connectivity index (χ3n) is 4.65. The van der Waals surface area contributed by atoms with Crippen LogP contribution in [0, 0.1) is 20.8 Å². The third-order valence-corrected chi connectivity index (χ3v) is 4.65. The first-order valence-corrected chi connectivity index (χ1v) is 8.38. The summed E-state index contributed by atoms with van der Waals surface area (Å²) in [4.78, 5) is 15.9. The summed E-state index contributed by atoms with van der Waals surface area (Å²) in [5.41, 5.74) is 5.76. The van der Waals surface area contributed by atoms with Gasteiger partial charge in [-0.05, 0) is 72.9 Å². The second-order valence-corrected chi connectivity index (χ2v) is 6.43. The van der Waals surface area contributed by atoms with Gasteiger partial charge in [0.05, 0.1) is 19.0 Å². The number of ether oxygens (including phenoxy) is 1. The fourth-order valence-electron chi connectivity index (χ4n) is 3.29. The van der Waals surface area contributed by atoms with Crippen LogP contribution in [0.25, 0.3) is 5.69 Å². The van der Waals surface area contributed by atoms with Gasteiger partial charge in [-0.25, -0.2) is 9.78 Å². The number of carbonyl (C=O) groups excluding carboxylic acids is 1. The molecule has 0 bridgehead atoms. The summed E-state index contributed by atoms with van der Waals surface area (Å²) in [6.07, 6.45) is 4.52. The molecule has 0 fully saturated rings. The van der Waals surface area contributed by atoms with E-state index in [0.717, 1.165) is 33.5 Å². The van der Waals surface area contributed by atoms with Crippen LogP contribution in [0.15, 0.2) is 49.1 Å². The number of aryl methyl sites for hydroxylation is 3. The highest BCUT2D eigenvalue weighted by atomic mass is 16.5. The zero-order valence-electron chi connectivity index (χ0n) is 15.4. The van der Waals surface area contributed by atoms with Crippen LogP contribution in [0.4, 0.5) is 0 Å². The van der Waals surface area contributed by atoms with Gasteiger partial charge >= 0.3 is 5.97 Å². The number of benzene rings is 2. The van der Waals surface area contributed by atoms with E-state index in [9.17, 15) is 9.90 Å². The zero-order chi connectivity index (χ0) is 18.8. The quantitative estimate of drug-likeness (QED) is 0.729. The van der Waals surface area contributed by atoms with E-state index in [1.54, 1.807) is 24.7 Å². The van der Waals surface area contributed by atoms with E-state index in [1.165, 1.54) is 7.11 Å². The van der Waals surface area contributed by atoms with Crippen LogP contribution in [0.1, 0.15) is 44.3 Å². The number of hydrogen-bond acceptors (Lipinski definition) is 4. The van der Waals surface area contributed by atoms with Gasteiger partial charge in [0.2, 0.25) is 0 Å². The number of aliphatic hydroxyl groups excluding tert-OH is 1. The Kier molecular flexibility index (Phi) is 4.91. The Bertz CT molecular complexity index is 923. The van der Waals surface area contributed by atoms with Crippen molar-refractivity contribution < 1.29 is 14.6 Å². The van der Waals surface area contributed by atoms with Gasteiger partial charge in [0.15, 0.2) is 0 Å². The van der Waals surface area contributed by atoms with Crippen LogP contribution in [0.2, 0.25) is 0 Å². The minimum atomic E-state index is -0.787. The zero-order valence-corrected chi connectivity index (χ0v) is 15.4. The van der Waals surface area contributed by atoms with E-state index in [1.807, 2.05) is 49.7 Å². The summed E-state index contributed by atoms with van der Waals surface area (Å²) in [6.45, 7) is 5.77. The fourth-order valence-corrected chi connectivity index (χ4v) is 3.29. The number of imidazole rings is 1. The van der Waals surface area contributed by atoms with Gasteiger partial charge in [-0.15, -0.1) is 0 Å². The molecule has 3 aromatic rings. The van der Waals surface area contributed by atoms with E-state index in [0.29, 0.717) is 5.56 Å². The molecule has 0 saturated carbocycles. The first kappa shape index (κ1) is 17.9. The minimum Gasteiger partial charge on any atom is -0.465 e. The van der Waals surface area contributed by atoms with Crippen LogP contribution < -0.4 is 0 Å². The fraction of sp³-hybridized carbons (Fsp3) is 0.238. The first-order chi connectivity index (χ1) is 12.4. The topological polar surface area (TPSA) is 64.3 Å². The number of esters is 1. The predicted molar refractivity (Wildman–Crippen MR) is 99.6 cm³/mol. The van der Waals surface area contributed by atoms with Crippen molar-refractivity contribution in [2.24, 2.45) is 0 Å². The highest BCUT2D eigenvalue weighted by molar-refractivity contribution is 5.90. The Hall–Kier alpha value is -2.92. The maximum atomic E-state index is 11.8. The molecule has 1 atom stereocenters. The Morgan fingerprint density at radius 1 is 1.12 bits per heavy atom. The summed E-state index contributed by atoms with van der Waals surface area (Å²) < 4.78 is 6.70. The SMILES string of the molecule is COC(=O)c1cc(C)c([C@@H](O)c2cc(-n3ccnc3)ccc2C)c(C)c1. The normalized spacial score (nSPS) is 12.0. The summed E-state index contributed by atoms with van der Waals surface area (Å²) >= 11 is 0. The van der Waals surface area contributed by atoms with Gasteiger partial charge in [0, 0.05) is 18.1 Å². The second kappa shape index (κ2) is 7.14. The van der Waals surface area contributed by atoms with Crippen molar-refractivity contribution in [3.63, 3.8) is 0 Å². The monoisotopic (exact) mass is 350 g/mol. The molecule has 0 aliphatic rings. The van der Waals surface area contributed by atoms with Crippen molar-refractivity contribution in [2.75, 3.05) is 7.11 Å². The average Bonchev–Trinajstić information content (AvgIpc) is 3.15. The molecule has 0 aliphatic carbocycles. The number of carbonyl (C=O) groups is 1. The number of hydrogen-bond donors (Lipinski definition) is 1. The maximum Gasteiger partial charge on any atom is 0.337 e. The van der Waals surface area contributed by atoms with E-state index in [4.69, 9.17) is 4.74 Å². The summed E-state index contributed by atoms with van der Waals surface area (Å²) in [7, 11) is 1.36. The van der Waals surface area contributed by atoms with E-state index in [-0.39, 0.29) is 5.97 Å². The van der Waals surface area contributed by atoms with Gasteiger partial charge < -0.3 is 14.4 Å².